The number of aromatic hydroxyl groups is 1. The zero-order valence-corrected chi connectivity index (χ0v) is 22.2. The molecule has 4 aromatic carbocycles. The van der Waals surface area contributed by atoms with Crippen LogP contribution in [0, 0.1) is 0 Å². The number of phenolic OH excluding ortho intramolecular Hbond substituents is 1. The summed E-state index contributed by atoms with van der Waals surface area (Å²) >= 11 is 0. The summed E-state index contributed by atoms with van der Waals surface area (Å²) in [6, 6.07) is 23.2. The molecule has 0 spiro atoms. The molecular formula is C29H28O8S. The monoisotopic (exact) mass is 536 g/mol. The summed E-state index contributed by atoms with van der Waals surface area (Å²) in [4.78, 5) is 0. The van der Waals surface area contributed by atoms with Crippen molar-refractivity contribution in [3.8, 4) is 56.8 Å². The minimum atomic E-state index is -3.99. The van der Waals surface area contributed by atoms with E-state index in [2.05, 4.69) is 0 Å². The number of para-hydroxylation sites is 1. The van der Waals surface area contributed by atoms with Gasteiger partial charge in [0.25, 0.3) is 0 Å². The van der Waals surface area contributed by atoms with Gasteiger partial charge in [0.1, 0.15) is 18.1 Å². The van der Waals surface area contributed by atoms with Gasteiger partial charge in [-0.3, -0.25) is 0 Å². The molecule has 0 heterocycles. The molecule has 4 aromatic rings. The smallest absolute Gasteiger partial charge is 0.306 e. The summed E-state index contributed by atoms with van der Waals surface area (Å²) in [6.45, 7) is 0.265. The Morgan fingerprint density at radius 2 is 1.39 bits per heavy atom. The van der Waals surface area contributed by atoms with Crippen LogP contribution in [-0.4, -0.2) is 41.1 Å². The Bertz CT molecular complexity index is 1530. The van der Waals surface area contributed by atoms with Crippen molar-refractivity contribution in [3.63, 3.8) is 0 Å². The van der Waals surface area contributed by atoms with Gasteiger partial charge in [-0.15, -0.1) is 0 Å². The van der Waals surface area contributed by atoms with Gasteiger partial charge in [0.15, 0.2) is 23.0 Å². The fraction of sp³-hybridized carbons (Fsp3) is 0.172. The molecule has 0 fully saturated rings. The molecule has 38 heavy (non-hydrogen) atoms. The molecule has 198 valence electrons. The minimum Gasteiger partial charge on any atom is -0.504 e. The van der Waals surface area contributed by atoms with Crippen molar-refractivity contribution in [2.75, 3.05) is 27.6 Å². The Labute approximate surface area is 222 Å². The third kappa shape index (κ3) is 5.78. The van der Waals surface area contributed by atoms with E-state index in [1.165, 1.54) is 27.4 Å². The second-order valence-electron chi connectivity index (χ2n) is 8.31. The lowest BCUT2D eigenvalue weighted by molar-refractivity contribution is 0.289. The Hall–Kier alpha value is -4.37. The molecule has 0 atom stereocenters. The highest BCUT2D eigenvalue weighted by atomic mass is 32.2. The second-order valence-corrected chi connectivity index (χ2v) is 9.88. The van der Waals surface area contributed by atoms with Crippen molar-refractivity contribution in [2.24, 2.45) is 0 Å². The topological polar surface area (TPSA) is 101 Å². The van der Waals surface area contributed by atoms with Gasteiger partial charge in [0, 0.05) is 11.1 Å². The van der Waals surface area contributed by atoms with Gasteiger partial charge >= 0.3 is 10.1 Å². The van der Waals surface area contributed by atoms with E-state index < -0.39 is 10.1 Å². The minimum absolute atomic E-state index is 0.0902. The van der Waals surface area contributed by atoms with E-state index >= 15 is 0 Å². The molecule has 0 aromatic heterocycles. The lowest BCUT2D eigenvalue weighted by Gasteiger charge is -2.21. The van der Waals surface area contributed by atoms with Crippen molar-refractivity contribution in [2.45, 2.75) is 6.61 Å². The first kappa shape index (κ1) is 26.7. The molecule has 0 aliphatic heterocycles. The van der Waals surface area contributed by atoms with E-state index in [-0.39, 0.29) is 35.2 Å². The molecule has 0 unspecified atom stereocenters. The molecule has 1 N–H and O–H groups in total. The molecule has 0 aliphatic carbocycles. The predicted molar refractivity (Wildman–Crippen MR) is 145 cm³/mol. The summed E-state index contributed by atoms with van der Waals surface area (Å²) in [6.07, 6.45) is 0.941. The third-order valence-corrected chi connectivity index (χ3v) is 6.21. The molecule has 0 saturated carbocycles. The maximum atomic E-state index is 12.4. The van der Waals surface area contributed by atoms with Gasteiger partial charge in [-0.1, -0.05) is 54.6 Å². The first-order valence-corrected chi connectivity index (χ1v) is 13.4. The summed E-state index contributed by atoms with van der Waals surface area (Å²) in [5.41, 5.74) is 2.78. The largest absolute Gasteiger partial charge is 0.504 e. The highest BCUT2D eigenvalue weighted by Crippen LogP contribution is 2.52. The number of ether oxygens (including phenoxy) is 4. The average molecular weight is 537 g/mol. The standard InChI is InChI=1S/C29H28O8S/c1-33-24-13-9-8-12-21(24)22-17-26(34-2)27(29(28(22)35-3)37-38(4,31)32)20-14-15-25(23(30)16-20)36-18-19-10-6-5-7-11-19/h5-17,30H,18H2,1-4H3. The molecule has 0 amide bonds. The first-order chi connectivity index (χ1) is 18.3. The van der Waals surface area contributed by atoms with E-state index in [1.807, 2.05) is 48.5 Å². The average Bonchev–Trinajstić information content (AvgIpc) is 2.91. The van der Waals surface area contributed by atoms with E-state index in [1.54, 1.807) is 24.3 Å². The van der Waals surface area contributed by atoms with Crippen LogP contribution in [0.1, 0.15) is 5.56 Å². The number of hydrogen-bond donors (Lipinski definition) is 1. The number of benzene rings is 4. The summed E-state index contributed by atoms with van der Waals surface area (Å²) in [5.74, 6) is 1.02. The van der Waals surface area contributed by atoms with Crippen LogP contribution in [0.5, 0.6) is 34.5 Å². The van der Waals surface area contributed by atoms with Crippen molar-refractivity contribution < 1.29 is 36.7 Å². The first-order valence-electron chi connectivity index (χ1n) is 11.6. The third-order valence-electron chi connectivity index (χ3n) is 5.74. The van der Waals surface area contributed by atoms with Crippen LogP contribution >= 0.6 is 0 Å². The molecule has 0 bridgehead atoms. The fourth-order valence-electron chi connectivity index (χ4n) is 4.08. The SMILES string of the molecule is COc1ccccc1-c1cc(OC)c(-c2ccc(OCc3ccccc3)c(O)c2)c(OS(C)(=O)=O)c1OC. The quantitative estimate of drug-likeness (QED) is 0.259. The number of hydrogen-bond acceptors (Lipinski definition) is 8. The Morgan fingerprint density at radius 1 is 0.711 bits per heavy atom. The van der Waals surface area contributed by atoms with Crippen LogP contribution in [-0.2, 0) is 16.7 Å². The Morgan fingerprint density at radius 3 is 2.03 bits per heavy atom. The molecule has 0 radical (unpaired) electrons. The zero-order chi connectivity index (χ0) is 27.3. The van der Waals surface area contributed by atoms with Crippen LogP contribution in [0.15, 0.2) is 78.9 Å². The van der Waals surface area contributed by atoms with Crippen LogP contribution in [0.2, 0.25) is 0 Å². The fourth-order valence-corrected chi connectivity index (χ4v) is 4.54. The van der Waals surface area contributed by atoms with E-state index in [0.29, 0.717) is 28.2 Å². The molecule has 4 rings (SSSR count). The van der Waals surface area contributed by atoms with Gasteiger partial charge in [-0.25, -0.2) is 0 Å². The maximum absolute atomic E-state index is 12.4. The van der Waals surface area contributed by atoms with Crippen molar-refractivity contribution in [1.82, 2.24) is 0 Å². The Kier molecular flexibility index (Phi) is 7.97. The highest BCUT2D eigenvalue weighted by Gasteiger charge is 2.27. The number of rotatable bonds is 10. The lowest BCUT2D eigenvalue weighted by atomic mass is 9.95. The normalized spacial score (nSPS) is 11.1. The predicted octanol–water partition coefficient (Wildman–Crippen LogP) is 5.67. The zero-order valence-electron chi connectivity index (χ0n) is 21.4. The van der Waals surface area contributed by atoms with Crippen molar-refractivity contribution in [3.05, 3.63) is 84.4 Å². The molecule has 0 aliphatic rings. The van der Waals surface area contributed by atoms with Crippen molar-refractivity contribution >= 4 is 10.1 Å². The van der Waals surface area contributed by atoms with Gasteiger partial charge in [0.05, 0.1) is 33.1 Å². The second kappa shape index (κ2) is 11.4. The van der Waals surface area contributed by atoms with E-state index in [4.69, 9.17) is 23.1 Å². The van der Waals surface area contributed by atoms with E-state index in [0.717, 1.165) is 11.8 Å². The summed E-state index contributed by atoms with van der Waals surface area (Å²) in [5, 5.41) is 10.8. The van der Waals surface area contributed by atoms with Crippen LogP contribution in [0.3, 0.4) is 0 Å². The molecule has 0 saturated heterocycles. The summed E-state index contributed by atoms with van der Waals surface area (Å²) < 4.78 is 52.8. The Balaban J connectivity index is 1.87. The van der Waals surface area contributed by atoms with Crippen LogP contribution in [0.25, 0.3) is 22.3 Å². The van der Waals surface area contributed by atoms with Gasteiger partial charge in [0.2, 0.25) is 0 Å². The van der Waals surface area contributed by atoms with E-state index in [9.17, 15) is 13.5 Å². The number of methoxy groups -OCH3 is 3. The maximum Gasteiger partial charge on any atom is 0.306 e. The van der Waals surface area contributed by atoms with Crippen molar-refractivity contribution in [1.29, 1.82) is 0 Å². The number of phenols is 1. The molecule has 9 heteroatoms. The van der Waals surface area contributed by atoms with Crippen LogP contribution in [0.4, 0.5) is 0 Å². The van der Waals surface area contributed by atoms with Crippen LogP contribution < -0.4 is 23.1 Å². The molecule has 8 nitrogen and oxygen atoms in total. The summed E-state index contributed by atoms with van der Waals surface area (Å²) in [7, 11) is 0.417. The lowest BCUT2D eigenvalue weighted by Crippen LogP contribution is -2.09. The highest BCUT2D eigenvalue weighted by molar-refractivity contribution is 7.86. The van der Waals surface area contributed by atoms with Gasteiger partial charge in [-0.05, 0) is 35.4 Å². The van der Waals surface area contributed by atoms with Gasteiger partial charge in [-0.2, -0.15) is 8.42 Å². The molecular weight excluding hydrogens is 508 g/mol. The van der Waals surface area contributed by atoms with Gasteiger partial charge < -0.3 is 28.2 Å².